The molecule has 1 heterocycles. The highest BCUT2D eigenvalue weighted by Gasteiger charge is 2.12. The van der Waals surface area contributed by atoms with Crippen molar-refractivity contribution < 1.29 is 4.74 Å². The van der Waals surface area contributed by atoms with Gasteiger partial charge in [0, 0.05) is 17.3 Å². The maximum Gasteiger partial charge on any atom is 0.148 e. The molecule has 1 aromatic rings. The summed E-state index contributed by atoms with van der Waals surface area (Å²) in [5.74, 6) is 0.800. The number of fused-ring (bicyclic) bond motifs is 1. The van der Waals surface area contributed by atoms with Crippen LogP contribution in [-0.4, -0.2) is 12.1 Å². The van der Waals surface area contributed by atoms with Gasteiger partial charge in [-0.05, 0) is 18.6 Å². The summed E-state index contributed by atoms with van der Waals surface area (Å²) in [6, 6.07) is 3.94. The van der Waals surface area contributed by atoms with E-state index in [-0.39, 0.29) is 0 Å². The maximum atomic E-state index is 8.94. The number of methoxy groups -OCH3 is 1. The first kappa shape index (κ1) is 9.47. The van der Waals surface area contributed by atoms with Crippen LogP contribution in [0.25, 0.3) is 11.8 Å². The molecule has 15 heavy (non-hydrogen) atoms. The summed E-state index contributed by atoms with van der Waals surface area (Å²) in [6.07, 6.45) is 8.34. The molecule has 1 aliphatic rings. The molecular formula is C12H10N2O. The van der Waals surface area contributed by atoms with Crippen LogP contribution in [0.4, 0.5) is 0 Å². The van der Waals surface area contributed by atoms with Crippen LogP contribution in [-0.2, 0) is 4.74 Å². The largest absolute Gasteiger partial charge is 0.496 e. The Labute approximate surface area is 88.3 Å². The van der Waals surface area contributed by atoms with E-state index in [0.717, 1.165) is 23.3 Å². The lowest BCUT2D eigenvalue weighted by atomic mass is 10.1. The summed E-state index contributed by atoms with van der Waals surface area (Å²) in [6.45, 7) is 0. The Kier molecular flexibility index (Phi) is 2.51. The molecular weight excluding hydrogens is 188 g/mol. The van der Waals surface area contributed by atoms with Crippen molar-refractivity contribution in [3.05, 3.63) is 41.2 Å². The first-order chi connectivity index (χ1) is 7.36. The number of pyridine rings is 1. The smallest absolute Gasteiger partial charge is 0.148 e. The quantitative estimate of drug-likeness (QED) is 0.695. The van der Waals surface area contributed by atoms with E-state index in [1.54, 1.807) is 13.3 Å². The standard InChI is InChI=1S/C12H10N2O/c1-15-12-5-3-2-4-9-10(12)6-7-14-11(9)8-13/h2,4-7H,3H2,1H3. The Bertz CT molecular complexity index is 481. The van der Waals surface area contributed by atoms with E-state index in [1.807, 2.05) is 24.3 Å². The third kappa shape index (κ3) is 1.62. The van der Waals surface area contributed by atoms with Crippen LogP contribution >= 0.6 is 0 Å². The van der Waals surface area contributed by atoms with Crippen molar-refractivity contribution in [1.29, 1.82) is 5.26 Å². The van der Waals surface area contributed by atoms with E-state index in [1.165, 1.54) is 0 Å². The van der Waals surface area contributed by atoms with Crippen LogP contribution in [0.5, 0.6) is 0 Å². The highest BCUT2D eigenvalue weighted by molar-refractivity contribution is 5.74. The van der Waals surface area contributed by atoms with Crippen LogP contribution < -0.4 is 0 Å². The summed E-state index contributed by atoms with van der Waals surface area (Å²) in [5.41, 5.74) is 2.21. The summed E-state index contributed by atoms with van der Waals surface area (Å²) in [7, 11) is 1.63. The molecule has 0 unspecified atom stereocenters. The van der Waals surface area contributed by atoms with Crippen molar-refractivity contribution in [2.75, 3.05) is 7.11 Å². The maximum absolute atomic E-state index is 8.94. The molecule has 0 fully saturated rings. The predicted molar refractivity (Wildman–Crippen MR) is 57.6 cm³/mol. The molecule has 3 heteroatoms. The zero-order valence-corrected chi connectivity index (χ0v) is 8.40. The van der Waals surface area contributed by atoms with E-state index in [0.29, 0.717) is 5.69 Å². The Morgan fingerprint density at radius 3 is 3.13 bits per heavy atom. The number of allylic oxidation sites excluding steroid dienone is 2. The minimum atomic E-state index is 0.439. The molecule has 1 aliphatic carbocycles. The number of hydrogen-bond donors (Lipinski definition) is 0. The van der Waals surface area contributed by atoms with E-state index in [2.05, 4.69) is 11.1 Å². The van der Waals surface area contributed by atoms with Crippen LogP contribution in [0.1, 0.15) is 23.2 Å². The Morgan fingerprint density at radius 1 is 1.53 bits per heavy atom. The van der Waals surface area contributed by atoms with Gasteiger partial charge in [-0.1, -0.05) is 12.2 Å². The van der Waals surface area contributed by atoms with Crippen LogP contribution in [0.15, 0.2) is 24.4 Å². The predicted octanol–water partition coefficient (Wildman–Crippen LogP) is 2.36. The fraction of sp³-hybridized carbons (Fsp3) is 0.167. The van der Waals surface area contributed by atoms with E-state index >= 15 is 0 Å². The average molecular weight is 198 g/mol. The first-order valence-corrected chi connectivity index (χ1v) is 4.67. The number of nitriles is 1. The lowest BCUT2D eigenvalue weighted by Crippen LogP contribution is -1.95. The molecule has 0 bridgehead atoms. The summed E-state index contributed by atoms with van der Waals surface area (Å²) >= 11 is 0. The fourth-order valence-electron chi connectivity index (χ4n) is 1.61. The minimum Gasteiger partial charge on any atom is -0.496 e. The second-order valence-electron chi connectivity index (χ2n) is 3.14. The van der Waals surface area contributed by atoms with Crippen molar-refractivity contribution in [1.82, 2.24) is 4.98 Å². The normalized spacial score (nSPS) is 13.5. The van der Waals surface area contributed by atoms with Crippen molar-refractivity contribution in [3.8, 4) is 6.07 Å². The number of aromatic nitrogens is 1. The summed E-state index contributed by atoms with van der Waals surface area (Å²) in [4.78, 5) is 4.03. The van der Waals surface area contributed by atoms with Crippen LogP contribution in [0.3, 0.4) is 0 Å². The van der Waals surface area contributed by atoms with Crippen molar-refractivity contribution in [3.63, 3.8) is 0 Å². The van der Waals surface area contributed by atoms with Gasteiger partial charge in [0.25, 0.3) is 0 Å². The zero-order chi connectivity index (χ0) is 10.7. The molecule has 0 radical (unpaired) electrons. The van der Waals surface area contributed by atoms with Crippen LogP contribution in [0.2, 0.25) is 0 Å². The molecule has 74 valence electrons. The molecule has 0 N–H and O–H groups in total. The average Bonchev–Trinajstić information content (AvgIpc) is 2.50. The molecule has 3 nitrogen and oxygen atoms in total. The molecule has 0 saturated heterocycles. The van der Waals surface area contributed by atoms with Gasteiger partial charge in [0.1, 0.15) is 17.5 Å². The molecule has 0 amide bonds. The second-order valence-corrected chi connectivity index (χ2v) is 3.14. The molecule has 0 spiro atoms. The summed E-state index contributed by atoms with van der Waals surface area (Å²) in [5, 5.41) is 8.94. The molecule has 1 aromatic heterocycles. The van der Waals surface area contributed by atoms with E-state index in [4.69, 9.17) is 10.00 Å². The Balaban J connectivity index is 2.67. The van der Waals surface area contributed by atoms with Gasteiger partial charge in [-0.15, -0.1) is 0 Å². The lowest BCUT2D eigenvalue weighted by molar-refractivity contribution is 0.369. The molecule has 0 aromatic carbocycles. The number of rotatable bonds is 1. The third-order valence-corrected chi connectivity index (χ3v) is 2.31. The number of nitrogens with zero attached hydrogens (tertiary/aromatic N) is 2. The van der Waals surface area contributed by atoms with Crippen molar-refractivity contribution in [2.24, 2.45) is 0 Å². The van der Waals surface area contributed by atoms with Gasteiger partial charge in [-0.25, -0.2) is 4.98 Å². The topological polar surface area (TPSA) is 45.9 Å². The van der Waals surface area contributed by atoms with Crippen LogP contribution in [0, 0.1) is 11.3 Å². The molecule has 0 saturated carbocycles. The number of hydrogen-bond acceptors (Lipinski definition) is 3. The van der Waals surface area contributed by atoms with Gasteiger partial charge >= 0.3 is 0 Å². The van der Waals surface area contributed by atoms with E-state index in [9.17, 15) is 0 Å². The van der Waals surface area contributed by atoms with Crippen molar-refractivity contribution >= 4 is 11.8 Å². The third-order valence-electron chi connectivity index (χ3n) is 2.31. The van der Waals surface area contributed by atoms with Gasteiger partial charge < -0.3 is 4.74 Å². The fourth-order valence-corrected chi connectivity index (χ4v) is 1.61. The minimum absolute atomic E-state index is 0.439. The molecule has 0 aliphatic heterocycles. The van der Waals surface area contributed by atoms with Gasteiger partial charge in [0.15, 0.2) is 0 Å². The van der Waals surface area contributed by atoms with Gasteiger partial charge in [0.2, 0.25) is 0 Å². The first-order valence-electron chi connectivity index (χ1n) is 4.67. The number of ether oxygens (including phenoxy) is 1. The summed E-state index contributed by atoms with van der Waals surface area (Å²) < 4.78 is 5.28. The second kappa shape index (κ2) is 3.97. The molecule has 2 rings (SSSR count). The van der Waals surface area contributed by atoms with Gasteiger partial charge in [0.05, 0.1) is 7.11 Å². The Hall–Kier alpha value is -2.08. The van der Waals surface area contributed by atoms with Gasteiger partial charge in [-0.3, -0.25) is 0 Å². The lowest BCUT2D eigenvalue weighted by Gasteiger charge is -2.08. The zero-order valence-electron chi connectivity index (χ0n) is 8.40. The highest BCUT2D eigenvalue weighted by atomic mass is 16.5. The monoisotopic (exact) mass is 198 g/mol. The SMILES string of the molecule is COC1=CCC=Cc2c1ccnc2C#N. The van der Waals surface area contributed by atoms with E-state index < -0.39 is 0 Å². The Morgan fingerprint density at radius 2 is 2.40 bits per heavy atom. The van der Waals surface area contributed by atoms with Crippen molar-refractivity contribution in [2.45, 2.75) is 6.42 Å². The van der Waals surface area contributed by atoms with Gasteiger partial charge in [-0.2, -0.15) is 5.26 Å². The highest BCUT2D eigenvalue weighted by Crippen LogP contribution is 2.25. The molecule has 0 atom stereocenters.